The molecule has 2 heterocycles. The predicted octanol–water partition coefficient (Wildman–Crippen LogP) is 7.55. The zero-order valence-corrected chi connectivity index (χ0v) is 19.9. The summed E-state index contributed by atoms with van der Waals surface area (Å²) >= 11 is 0. The third-order valence-electron chi connectivity index (χ3n) is 6.44. The first-order chi connectivity index (χ1) is 16.3. The summed E-state index contributed by atoms with van der Waals surface area (Å²) in [7, 11) is 0. The lowest BCUT2D eigenvalue weighted by atomic mass is 10.1. The van der Waals surface area contributed by atoms with Crippen molar-refractivity contribution in [3.63, 3.8) is 0 Å². The van der Waals surface area contributed by atoms with Gasteiger partial charge in [-0.1, -0.05) is 18.2 Å². The zero-order chi connectivity index (χ0) is 24.0. The van der Waals surface area contributed by atoms with E-state index in [0.29, 0.717) is 17.3 Å². The highest BCUT2D eigenvalue weighted by Gasteiger charge is 2.17. The minimum atomic E-state index is -0.306. The molecule has 0 unspecified atom stereocenters. The van der Waals surface area contributed by atoms with E-state index in [9.17, 15) is 4.79 Å². The van der Waals surface area contributed by atoms with Crippen LogP contribution < -0.4 is 5.32 Å². The van der Waals surface area contributed by atoms with Crippen molar-refractivity contribution < 1.29 is 13.6 Å². The van der Waals surface area contributed by atoms with Gasteiger partial charge in [-0.25, -0.2) is 4.98 Å². The summed E-state index contributed by atoms with van der Waals surface area (Å²) in [4.78, 5) is 17.6. The first-order valence-corrected chi connectivity index (χ1v) is 11.3. The Balaban J connectivity index is 1.42. The fourth-order valence-corrected chi connectivity index (χ4v) is 3.99. The average Bonchev–Trinajstić information content (AvgIpc) is 3.45. The number of nitrogens with zero attached hydrogens (tertiary/aromatic N) is 1. The molecule has 3 aromatic carbocycles. The van der Waals surface area contributed by atoms with Gasteiger partial charge in [-0.3, -0.25) is 4.79 Å². The predicted molar refractivity (Wildman–Crippen MR) is 135 cm³/mol. The third-order valence-corrected chi connectivity index (χ3v) is 6.44. The van der Waals surface area contributed by atoms with Crippen LogP contribution in [0.15, 0.2) is 69.5 Å². The van der Waals surface area contributed by atoms with E-state index < -0.39 is 0 Å². The number of amides is 1. The summed E-state index contributed by atoms with van der Waals surface area (Å²) in [6.45, 7) is 10.2. The monoisotopic (exact) mass is 450 g/mol. The van der Waals surface area contributed by atoms with Crippen LogP contribution in [-0.2, 0) is 0 Å². The highest BCUT2D eigenvalue weighted by atomic mass is 16.4. The molecule has 0 fully saturated rings. The third kappa shape index (κ3) is 3.90. The first-order valence-electron chi connectivity index (χ1n) is 11.3. The number of fused-ring (bicyclic) bond motifs is 1. The van der Waals surface area contributed by atoms with Gasteiger partial charge in [0.2, 0.25) is 5.89 Å². The van der Waals surface area contributed by atoms with Crippen molar-refractivity contribution in [2.24, 2.45) is 0 Å². The Morgan fingerprint density at radius 2 is 1.56 bits per heavy atom. The van der Waals surface area contributed by atoms with Gasteiger partial charge in [0.15, 0.2) is 11.3 Å². The summed E-state index contributed by atoms with van der Waals surface area (Å²) in [6, 6.07) is 19.4. The largest absolute Gasteiger partial charge is 0.451 e. The molecule has 0 aliphatic heterocycles. The standard InChI is InChI=1S/C29H26N2O3/c1-16-9-10-21(13-17(16)2)25-11-12-26(33-25)28(32)30-23-8-6-7-22(20(23)5)29-31-24-14-18(3)19(4)15-27(24)34-29/h6-15H,1-5H3,(H,30,32). The number of nitrogens with one attached hydrogen (secondary N) is 1. The molecule has 5 rings (SSSR count). The maximum atomic E-state index is 13.0. The van der Waals surface area contributed by atoms with Gasteiger partial charge in [-0.05, 0) is 105 Å². The number of carbonyl (C=O) groups is 1. The number of aryl methyl sites for hydroxylation is 4. The SMILES string of the molecule is Cc1ccc(-c2ccc(C(=O)Nc3cccc(-c4nc5cc(C)c(C)cc5o4)c3C)o2)cc1C. The lowest BCUT2D eigenvalue weighted by molar-refractivity contribution is 0.0997. The summed E-state index contributed by atoms with van der Waals surface area (Å²) in [5.74, 6) is 1.14. The maximum absolute atomic E-state index is 13.0. The second kappa shape index (κ2) is 8.34. The molecule has 0 aliphatic carbocycles. The normalized spacial score (nSPS) is 11.2. The molecule has 34 heavy (non-hydrogen) atoms. The molecule has 0 aliphatic rings. The Labute approximate surface area is 198 Å². The van der Waals surface area contributed by atoms with Crippen molar-refractivity contribution in [3.05, 3.63) is 94.2 Å². The van der Waals surface area contributed by atoms with Crippen LogP contribution in [0.5, 0.6) is 0 Å². The van der Waals surface area contributed by atoms with Gasteiger partial charge in [0.1, 0.15) is 11.3 Å². The van der Waals surface area contributed by atoms with Crippen LogP contribution in [0.3, 0.4) is 0 Å². The quantitative estimate of drug-likeness (QED) is 0.307. The van der Waals surface area contributed by atoms with Crippen molar-refractivity contribution in [1.82, 2.24) is 4.98 Å². The van der Waals surface area contributed by atoms with Crippen LogP contribution in [0, 0.1) is 34.6 Å². The zero-order valence-electron chi connectivity index (χ0n) is 19.9. The van der Waals surface area contributed by atoms with Gasteiger partial charge < -0.3 is 14.2 Å². The van der Waals surface area contributed by atoms with Crippen molar-refractivity contribution in [2.75, 3.05) is 5.32 Å². The van der Waals surface area contributed by atoms with Crippen LogP contribution in [0.1, 0.15) is 38.4 Å². The summed E-state index contributed by atoms with van der Waals surface area (Å²) in [6.07, 6.45) is 0. The van der Waals surface area contributed by atoms with E-state index in [1.807, 2.05) is 49.4 Å². The van der Waals surface area contributed by atoms with E-state index in [4.69, 9.17) is 8.83 Å². The minimum Gasteiger partial charge on any atom is -0.451 e. The number of hydrogen-bond donors (Lipinski definition) is 1. The van der Waals surface area contributed by atoms with E-state index in [-0.39, 0.29) is 11.7 Å². The number of oxazole rings is 1. The molecule has 0 radical (unpaired) electrons. The summed E-state index contributed by atoms with van der Waals surface area (Å²) in [5.41, 5.74) is 9.63. The molecule has 1 amide bonds. The number of furan rings is 1. The van der Waals surface area contributed by atoms with E-state index >= 15 is 0 Å². The van der Waals surface area contributed by atoms with E-state index in [0.717, 1.165) is 33.4 Å². The Bertz CT molecular complexity index is 1520. The fourth-order valence-electron chi connectivity index (χ4n) is 3.99. The van der Waals surface area contributed by atoms with Crippen molar-refractivity contribution in [1.29, 1.82) is 0 Å². The Morgan fingerprint density at radius 3 is 2.35 bits per heavy atom. The number of benzene rings is 3. The average molecular weight is 451 g/mol. The maximum Gasteiger partial charge on any atom is 0.291 e. The molecule has 0 spiro atoms. The first kappa shape index (κ1) is 21.7. The van der Waals surface area contributed by atoms with Gasteiger partial charge in [0, 0.05) is 16.8 Å². The van der Waals surface area contributed by atoms with Gasteiger partial charge in [0.05, 0.1) is 0 Å². The molecule has 1 N–H and O–H groups in total. The summed E-state index contributed by atoms with van der Waals surface area (Å²) in [5, 5.41) is 2.97. The van der Waals surface area contributed by atoms with Crippen molar-refractivity contribution in [2.45, 2.75) is 34.6 Å². The van der Waals surface area contributed by atoms with Crippen LogP contribution in [-0.4, -0.2) is 10.9 Å². The van der Waals surface area contributed by atoms with Crippen LogP contribution in [0.2, 0.25) is 0 Å². The number of carbonyl (C=O) groups excluding carboxylic acids is 1. The number of anilines is 1. The second-order valence-electron chi connectivity index (χ2n) is 8.82. The van der Waals surface area contributed by atoms with Crippen molar-refractivity contribution in [3.8, 4) is 22.8 Å². The van der Waals surface area contributed by atoms with Crippen LogP contribution >= 0.6 is 0 Å². The van der Waals surface area contributed by atoms with E-state index in [1.54, 1.807) is 6.07 Å². The molecule has 0 saturated carbocycles. The van der Waals surface area contributed by atoms with E-state index in [1.165, 1.54) is 16.7 Å². The second-order valence-corrected chi connectivity index (χ2v) is 8.82. The molecule has 5 aromatic rings. The highest BCUT2D eigenvalue weighted by Crippen LogP contribution is 2.32. The number of hydrogen-bond acceptors (Lipinski definition) is 4. The lowest BCUT2D eigenvalue weighted by Crippen LogP contribution is -2.12. The van der Waals surface area contributed by atoms with Gasteiger partial charge in [0.25, 0.3) is 5.91 Å². The van der Waals surface area contributed by atoms with Gasteiger partial charge in [-0.2, -0.15) is 0 Å². The highest BCUT2D eigenvalue weighted by molar-refractivity contribution is 6.03. The fraction of sp³-hybridized carbons (Fsp3) is 0.172. The molecule has 0 saturated heterocycles. The molecule has 0 bridgehead atoms. The van der Waals surface area contributed by atoms with Crippen LogP contribution in [0.4, 0.5) is 5.69 Å². The lowest BCUT2D eigenvalue weighted by Gasteiger charge is -2.10. The molecule has 5 heteroatoms. The molecule has 5 nitrogen and oxygen atoms in total. The van der Waals surface area contributed by atoms with Crippen molar-refractivity contribution >= 4 is 22.7 Å². The molecule has 0 atom stereocenters. The Morgan fingerprint density at radius 1 is 0.794 bits per heavy atom. The summed E-state index contributed by atoms with van der Waals surface area (Å²) < 4.78 is 11.9. The van der Waals surface area contributed by atoms with Gasteiger partial charge >= 0.3 is 0 Å². The van der Waals surface area contributed by atoms with Gasteiger partial charge in [-0.15, -0.1) is 0 Å². The molecular formula is C29H26N2O3. The Hall–Kier alpha value is -4.12. The Kier molecular flexibility index (Phi) is 5.33. The molecule has 170 valence electrons. The van der Waals surface area contributed by atoms with E-state index in [2.05, 4.69) is 50.1 Å². The smallest absolute Gasteiger partial charge is 0.291 e. The van der Waals surface area contributed by atoms with Crippen LogP contribution in [0.25, 0.3) is 33.9 Å². The minimum absolute atomic E-state index is 0.255. The topological polar surface area (TPSA) is 68.3 Å². The molecule has 2 aromatic heterocycles. The number of rotatable bonds is 4. The molecular weight excluding hydrogens is 424 g/mol. The number of aromatic nitrogens is 1.